The number of ether oxygens (including phenoxy) is 1. The quantitative estimate of drug-likeness (QED) is 0.792. The van der Waals surface area contributed by atoms with Crippen LogP contribution in [-0.2, 0) is 21.3 Å². The second kappa shape index (κ2) is 7.65. The van der Waals surface area contributed by atoms with Crippen LogP contribution in [0.25, 0.3) is 0 Å². The molecular formula is C15H22F2N2O3S. The first-order valence-corrected chi connectivity index (χ1v) is 9.17. The molecule has 1 aromatic rings. The van der Waals surface area contributed by atoms with Crippen LogP contribution in [0.15, 0.2) is 18.2 Å². The summed E-state index contributed by atoms with van der Waals surface area (Å²) in [5.74, 6) is -1.41. The zero-order valence-electron chi connectivity index (χ0n) is 13.3. The van der Waals surface area contributed by atoms with E-state index in [1.165, 1.54) is 22.5 Å². The highest BCUT2D eigenvalue weighted by Crippen LogP contribution is 2.15. The van der Waals surface area contributed by atoms with E-state index in [9.17, 15) is 17.2 Å². The summed E-state index contributed by atoms with van der Waals surface area (Å²) in [6.45, 7) is 4.39. The maximum Gasteiger partial charge on any atom is 0.215 e. The smallest absolute Gasteiger partial charge is 0.215 e. The highest BCUT2D eigenvalue weighted by Gasteiger charge is 2.30. The molecule has 0 unspecified atom stereocenters. The SMILES string of the molecule is C[C@@H]1CN(S(=O)(=O)CCNCc2c(F)cccc2F)C[C@H](C)O1. The zero-order chi connectivity index (χ0) is 17.0. The zero-order valence-corrected chi connectivity index (χ0v) is 14.1. The number of hydrogen-bond donors (Lipinski definition) is 1. The number of sulfonamides is 1. The van der Waals surface area contributed by atoms with Gasteiger partial charge < -0.3 is 10.1 Å². The third-order valence-corrected chi connectivity index (χ3v) is 5.48. The fourth-order valence-electron chi connectivity index (χ4n) is 2.60. The van der Waals surface area contributed by atoms with Crippen molar-refractivity contribution in [2.24, 2.45) is 0 Å². The van der Waals surface area contributed by atoms with Gasteiger partial charge in [-0.1, -0.05) is 6.07 Å². The average Bonchev–Trinajstić information content (AvgIpc) is 2.45. The summed E-state index contributed by atoms with van der Waals surface area (Å²) < 4.78 is 58.5. The molecule has 2 rings (SSSR count). The highest BCUT2D eigenvalue weighted by molar-refractivity contribution is 7.89. The molecular weight excluding hydrogens is 326 g/mol. The lowest BCUT2D eigenvalue weighted by Crippen LogP contribution is -2.49. The first kappa shape index (κ1) is 18.3. The molecule has 0 aliphatic carbocycles. The topological polar surface area (TPSA) is 58.6 Å². The maximum atomic E-state index is 13.5. The van der Waals surface area contributed by atoms with Gasteiger partial charge in [-0.3, -0.25) is 0 Å². The third kappa shape index (κ3) is 4.94. The molecule has 1 fully saturated rings. The number of rotatable bonds is 6. The second-order valence-corrected chi connectivity index (χ2v) is 7.86. The monoisotopic (exact) mass is 348 g/mol. The van der Waals surface area contributed by atoms with E-state index in [-0.39, 0.29) is 36.6 Å². The van der Waals surface area contributed by atoms with E-state index in [4.69, 9.17) is 4.74 Å². The standard InChI is InChI=1S/C15H22F2N2O3S/c1-11-9-19(10-12(2)22-11)23(20,21)7-6-18-8-13-14(16)4-3-5-15(13)17/h3-5,11-12,18H,6-10H2,1-2H3/t11-,12+. The Hall–Kier alpha value is -1.09. The Morgan fingerprint density at radius 3 is 2.35 bits per heavy atom. The Morgan fingerprint density at radius 2 is 1.78 bits per heavy atom. The van der Waals surface area contributed by atoms with Crippen molar-refractivity contribution >= 4 is 10.0 Å². The Kier molecular flexibility index (Phi) is 6.07. The van der Waals surface area contributed by atoms with Crippen LogP contribution in [0.5, 0.6) is 0 Å². The highest BCUT2D eigenvalue weighted by atomic mass is 32.2. The summed E-state index contributed by atoms with van der Waals surface area (Å²) >= 11 is 0. The molecule has 23 heavy (non-hydrogen) atoms. The van der Waals surface area contributed by atoms with E-state index >= 15 is 0 Å². The summed E-state index contributed by atoms with van der Waals surface area (Å²) in [7, 11) is -3.42. The first-order valence-electron chi connectivity index (χ1n) is 7.56. The lowest BCUT2D eigenvalue weighted by atomic mass is 10.2. The molecule has 1 aromatic carbocycles. The molecule has 1 heterocycles. The van der Waals surface area contributed by atoms with Crippen LogP contribution in [-0.4, -0.2) is 50.3 Å². The van der Waals surface area contributed by atoms with Gasteiger partial charge in [0.05, 0.1) is 18.0 Å². The van der Waals surface area contributed by atoms with Crippen molar-refractivity contribution in [1.29, 1.82) is 0 Å². The minimum absolute atomic E-state index is 0.0516. The molecule has 1 aliphatic heterocycles. The number of hydrogen-bond acceptors (Lipinski definition) is 4. The molecule has 1 N–H and O–H groups in total. The van der Waals surface area contributed by atoms with Gasteiger partial charge in [0, 0.05) is 31.7 Å². The Bertz CT molecular complexity index is 609. The predicted octanol–water partition coefficient (Wildman–Crippen LogP) is 1.49. The van der Waals surface area contributed by atoms with E-state index in [0.29, 0.717) is 13.1 Å². The van der Waals surface area contributed by atoms with Gasteiger partial charge in [-0.2, -0.15) is 4.31 Å². The molecule has 2 atom stereocenters. The van der Waals surface area contributed by atoms with Gasteiger partial charge >= 0.3 is 0 Å². The first-order chi connectivity index (χ1) is 10.8. The molecule has 0 spiro atoms. The lowest BCUT2D eigenvalue weighted by Gasteiger charge is -2.34. The molecule has 0 amide bonds. The van der Waals surface area contributed by atoms with Crippen LogP contribution in [0.2, 0.25) is 0 Å². The van der Waals surface area contributed by atoms with Crippen LogP contribution in [0, 0.1) is 11.6 Å². The molecule has 0 aromatic heterocycles. The van der Waals surface area contributed by atoms with Crippen molar-refractivity contribution in [1.82, 2.24) is 9.62 Å². The number of halogens is 2. The van der Waals surface area contributed by atoms with Gasteiger partial charge in [-0.25, -0.2) is 17.2 Å². The molecule has 1 saturated heterocycles. The van der Waals surface area contributed by atoms with Gasteiger partial charge in [-0.15, -0.1) is 0 Å². The van der Waals surface area contributed by atoms with Gasteiger partial charge in [-0.05, 0) is 26.0 Å². The van der Waals surface area contributed by atoms with Crippen LogP contribution in [0.4, 0.5) is 8.78 Å². The third-order valence-electron chi connectivity index (χ3n) is 3.68. The van der Waals surface area contributed by atoms with Crippen molar-refractivity contribution in [2.45, 2.75) is 32.6 Å². The maximum absolute atomic E-state index is 13.5. The molecule has 0 bridgehead atoms. The summed E-state index contributed by atoms with van der Waals surface area (Å²) in [4.78, 5) is 0. The van der Waals surface area contributed by atoms with E-state index in [1.807, 2.05) is 13.8 Å². The van der Waals surface area contributed by atoms with E-state index in [2.05, 4.69) is 5.32 Å². The Balaban J connectivity index is 1.85. The molecule has 0 radical (unpaired) electrons. The van der Waals surface area contributed by atoms with Crippen molar-refractivity contribution < 1.29 is 21.9 Å². The van der Waals surface area contributed by atoms with Crippen LogP contribution < -0.4 is 5.32 Å². The van der Waals surface area contributed by atoms with Gasteiger partial charge in [0.2, 0.25) is 10.0 Å². The van der Waals surface area contributed by atoms with E-state index in [1.54, 1.807) is 0 Å². The van der Waals surface area contributed by atoms with Crippen LogP contribution in [0.1, 0.15) is 19.4 Å². The molecule has 5 nitrogen and oxygen atoms in total. The van der Waals surface area contributed by atoms with Gasteiger partial charge in [0.25, 0.3) is 0 Å². The summed E-state index contributed by atoms with van der Waals surface area (Å²) in [6.07, 6.45) is -0.289. The molecule has 0 saturated carbocycles. The Labute approximate surface area is 135 Å². The summed E-state index contributed by atoms with van der Waals surface area (Å²) in [5, 5.41) is 2.78. The number of benzene rings is 1. The van der Waals surface area contributed by atoms with Gasteiger partial charge in [0.15, 0.2) is 0 Å². The predicted molar refractivity (Wildman–Crippen MR) is 83.4 cm³/mol. The van der Waals surface area contributed by atoms with Gasteiger partial charge in [0.1, 0.15) is 11.6 Å². The van der Waals surface area contributed by atoms with E-state index in [0.717, 1.165) is 0 Å². The largest absolute Gasteiger partial charge is 0.373 e. The van der Waals surface area contributed by atoms with Crippen molar-refractivity contribution in [3.8, 4) is 0 Å². The number of nitrogens with zero attached hydrogens (tertiary/aromatic N) is 1. The minimum Gasteiger partial charge on any atom is -0.373 e. The number of morpholine rings is 1. The molecule has 130 valence electrons. The normalized spacial score (nSPS) is 23.1. The van der Waals surface area contributed by atoms with E-state index < -0.39 is 21.7 Å². The fourth-order valence-corrected chi connectivity index (χ4v) is 4.14. The van der Waals surface area contributed by atoms with Crippen molar-refractivity contribution in [2.75, 3.05) is 25.4 Å². The number of nitrogens with one attached hydrogen (secondary N) is 1. The fraction of sp³-hybridized carbons (Fsp3) is 0.600. The average molecular weight is 348 g/mol. The molecule has 8 heteroatoms. The van der Waals surface area contributed by atoms with Crippen LogP contribution >= 0.6 is 0 Å². The second-order valence-electron chi connectivity index (χ2n) is 5.77. The van der Waals surface area contributed by atoms with Crippen molar-refractivity contribution in [3.05, 3.63) is 35.4 Å². The lowest BCUT2D eigenvalue weighted by molar-refractivity contribution is -0.0440. The summed E-state index contributed by atoms with van der Waals surface area (Å²) in [6, 6.07) is 3.64. The minimum atomic E-state index is -3.42. The Morgan fingerprint density at radius 1 is 1.22 bits per heavy atom. The van der Waals surface area contributed by atoms with Crippen LogP contribution in [0.3, 0.4) is 0 Å². The molecule has 1 aliphatic rings. The summed E-state index contributed by atoms with van der Waals surface area (Å²) in [5.41, 5.74) is -0.0847. The van der Waals surface area contributed by atoms with Crippen molar-refractivity contribution in [3.63, 3.8) is 0 Å².